The Balaban J connectivity index is 3.81. The Kier molecular flexibility index (Phi) is 29.4. The van der Waals surface area contributed by atoms with Crippen molar-refractivity contribution >= 4 is 5.91 Å². The van der Waals surface area contributed by atoms with E-state index in [-0.39, 0.29) is 18.9 Å². The summed E-state index contributed by atoms with van der Waals surface area (Å²) >= 11 is 0. The first-order chi connectivity index (χ1) is 19.5. The van der Waals surface area contributed by atoms with Crippen molar-refractivity contribution in [3.63, 3.8) is 0 Å². The van der Waals surface area contributed by atoms with Gasteiger partial charge in [0.15, 0.2) is 0 Å². The monoisotopic (exact) mass is 563 g/mol. The van der Waals surface area contributed by atoms with Gasteiger partial charge in [0.2, 0.25) is 5.91 Å². The van der Waals surface area contributed by atoms with Crippen LogP contribution in [-0.2, 0) is 4.79 Å². The van der Waals surface area contributed by atoms with Gasteiger partial charge >= 0.3 is 0 Å². The maximum absolute atomic E-state index is 12.3. The molecule has 40 heavy (non-hydrogen) atoms. The Morgan fingerprint density at radius 3 is 1.70 bits per heavy atom. The molecule has 234 valence electrons. The van der Waals surface area contributed by atoms with Crippen LogP contribution in [0.5, 0.6) is 0 Å². The summed E-state index contributed by atoms with van der Waals surface area (Å²) in [7, 11) is 0. The lowest BCUT2D eigenvalue weighted by molar-refractivity contribution is -0.124. The highest BCUT2D eigenvalue weighted by Gasteiger charge is 2.20. The van der Waals surface area contributed by atoms with E-state index < -0.39 is 18.2 Å². The zero-order valence-corrected chi connectivity index (χ0v) is 26.2. The number of carbonyl (C=O) groups is 1. The molecule has 0 heterocycles. The van der Waals surface area contributed by atoms with Crippen LogP contribution in [-0.4, -0.2) is 46.1 Å². The topological polar surface area (TPSA) is 89.8 Å². The molecule has 0 aromatic heterocycles. The van der Waals surface area contributed by atoms with Gasteiger partial charge in [0.1, 0.15) is 0 Å². The van der Waals surface area contributed by atoms with E-state index in [1.165, 1.54) is 83.5 Å². The van der Waals surface area contributed by atoms with Gasteiger partial charge in [0, 0.05) is 0 Å². The van der Waals surface area contributed by atoms with Crippen molar-refractivity contribution in [1.82, 2.24) is 5.32 Å². The van der Waals surface area contributed by atoms with E-state index in [9.17, 15) is 20.1 Å². The maximum Gasteiger partial charge on any atom is 0.222 e. The fourth-order valence-corrected chi connectivity index (χ4v) is 4.78. The van der Waals surface area contributed by atoms with Crippen LogP contribution in [0.3, 0.4) is 0 Å². The summed E-state index contributed by atoms with van der Waals surface area (Å²) in [4.78, 5) is 12.3. The Hall–Kier alpha value is -1.43. The molecule has 1 amide bonds. The first-order valence-corrected chi connectivity index (χ1v) is 16.8. The molecule has 0 aliphatic carbocycles. The Labute approximate surface area is 247 Å². The van der Waals surface area contributed by atoms with Gasteiger partial charge in [-0.05, 0) is 51.4 Å². The molecule has 0 saturated heterocycles. The number of aliphatic hydroxyl groups excluding tert-OH is 3. The minimum Gasteiger partial charge on any atom is -0.394 e. The number of amides is 1. The first kappa shape index (κ1) is 38.6. The van der Waals surface area contributed by atoms with Crippen LogP contribution >= 0.6 is 0 Å². The fraction of sp³-hybridized carbons (Fsp3) is 0.800. The molecular formula is C35H65NO4. The van der Waals surface area contributed by atoms with Crippen molar-refractivity contribution in [3.05, 3.63) is 36.5 Å². The molecule has 0 rings (SSSR count). The number of nitrogens with one attached hydrogen (secondary N) is 1. The molecule has 5 heteroatoms. The second-order valence-corrected chi connectivity index (χ2v) is 11.4. The maximum atomic E-state index is 12.3. The number of allylic oxidation sites excluding steroid dienone is 5. The van der Waals surface area contributed by atoms with Gasteiger partial charge in [-0.2, -0.15) is 0 Å². The van der Waals surface area contributed by atoms with E-state index in [0.717, 1.165) is 44.9 Å². The van der Waals surface area contributed by atoms with E-state index in [1.807, 2.05) is 6.08 Å². The lowest BCUT2D eigenvalue weighted by atomic mass is 10.0. The third kappa shape index (κ3) is 26.8. The van der Waals surface area contributed by atoms with E-state index in [1.54, 1.807) is 6.08 Å². The number of unbranched alkanes of at least 4 members (excludes halogenated alkanes) is 16. The first-order valence-electron chi connectivity index (χ1n) is 16.8. The van der Waals surface area contributed by atoms with Gasteiger partial charge in [-0.3, -0.25) is 4.79 Å². The lowest BCUT2D eigenvalue weighted by Gasteiger charge is -2.21. The molecular weight excluding hydrogens is 498 g/mol. The number of aliphatic hydroxyl groups is 3. The van der Waals surface area contributed by atoms with Crippen molar-refractivity contribution < 1.29 is 20.1 Å². The van der Waals surface area contributed by atoms with Crippen LogP contribution in [0.15, 0.2) is 36.5 Å². The average Bonchev–Trinajstić information content (AvgIpc) is 2.94. The summed E-state index contributed by atoms with van der Waals surface area (Å²) in [5.74, 6) is -0.329. The third-order valence-corrected chi connectivity index (χ3v) is 7.42. The quantitative estimate of drug-likeness (QED) is 0.0543. The summed E-state index contributed by atoms with van der Waals surface area (Å²) in [5, 5.41) is 32.9. The number of hydrogen-bond acceptors (Lipinski definition) is 4. The molecule has 0 saturated carbocycles. The van der Waals surface area contributed by atoms with E-state index >= 15 is 0 Å². The molecule has 0 radical (unpaired) electrons. The van der Waals surface area contributed by atoms with Gasteiger partial charge in [-0.15, -0.1) is 0 Å². The SMILES string of the molecule is CCCCC/C=C\C/C=C\CCCCCCCC(O)CC(=O)NC(CO)C(O)/C=C/CCCCCCCCCC. The van der Waals surface area contributed by atoms with Crippen molar-refractivity contribution in [2.75, 3.05) is 6.61 Å². The molecule has 3 unspecified atom stereocenters. The van der Waals surface area contributed by atoms with Crippen molar-refractivity contribution in [2.24, 2.45) is 0 Å². The highest BCUT2D eigenvalue weighted by molar-refractivity contribution is 5.76. The average molecular weight is 564 g/mol. The van der Waals surface area contributed by atoms with Crippen LogP contribution < -0.4 is 5.32 Å². The van der Waals surface area contributed by atoms with Gasteiger partial charge in [-0.25, -0.2) is 0 Å². The molecule has 5 nitrogen and oxygen atoms in total. The zero-order chi connectivity index (χ0) is 29.5. The number of rotatable bonds is 29. The van der Waals surface area contributed by atoms with E-state index in [0.29, 0.717) is 6.42 Å². The predicted octanol–water partition coefficient (Wildman–Crippen LogP) is 8.48. The molecule has 0 aromatic carbocycles. The van der Waals surface area contributed by atoms with Crippen molar-refractivity contribution in [1.29, 1.82) is 0 Å². The summed E-state index contributed by atoms with van der Waals surface area (Å²) in [5.41, 5.74) is 0. The summed E-state index contributed by atoms with van der Waals surface area (Å²) in [6.07, 6.45) is 35.4. The van der Waals surface area contributed by atoms with Gasteiger partial charge < -0.3 is 20.6 Å². The van der Waals surface area contributed by atoms with Crippen LogP contribution in [0.4, 0.5) is 0 Å². The van der Waals surface area contributed by atoms with Gasteiger partial charge in [-0.1, -0.05) is 134 Å². The Morgan fingerprint density at radius 1 is 0.650 bits per heavy atom. The zero-order valence-electron chi connectivity index (χ0n) is 26.2. The number of hydrogen-bond donors (Lipinski definition) is 4. The van der Waals surface area contributed by atoms with E-state index in [4.69, 9.17) is 0 Å². The van der Waals surface area contributed by atoms with Crippen LogP contribution in [0, 0.1) is 0 Å². The van der Waals surface area contributed by atoms with Crippen LogP contribution in [0.25, 0.3) is 0 Å². The molecule has 4 N–H and O–H groups in total. The normalized spacial score (nSPS) is 14.4. The number of carbonyl (C=O) groups excluding carboxylic acids is 1. The minimum absolute atomic E-state index is 0.00301. The lowest BCUT2D eigenvalue weighted by Crippen LogP contribution is -2.45. The Morgan fingerprint density at radius 2 is 1.12 bits per heavy atom. The fourth-order valence-electron chi connectivity index (χ4n) is 4.78. The summed E-state index contributed by atoms with van der Waals surface area (Å²) in [6.45, 7) is 4.13. The smallest absolute Gasteiger partial charge is 0.222 e. The second-order valence-electron chi connectivity index (χ2n) is 11.4. The molecule has 3 atom stereocenters. The summed E-state index contributed by atoms with van der Waals surface area (Å²) in [6, 6.07) is -0.745. The summed E-state index contributed by atoms with van der Waals surface area (Å²) < 4.78 is 0. The molecule has 0 bridgehead atoms. The van der Waals surface area contributed by atoms with Crippen molar-refractivity contribution in [2.45, 2.75) is 173 Å². The molecule has 0 spiro atoms. The Bertz CT molecular complexity index is 631. The molecule has 0 aliphatic rings. The van der Waals surface area contributed by atoms with Gasteiger partial charge in [0.05, 0.1) is 31.3 Å². The third-order valence-electron chi connectivity index (χ3n) is 7.42. The highest BCUT2D eigenvalue weighted by atomic mass is 16.3. The van der Waals surface area contributed by atoms with E-state index in [2.05, 4.69) is 43.5 Å². The second kappa shape index (κ2) is 30.5. The van der Waals surface area contributed by atoms with Crippen LogP contribution in [0.2, 0.25) is 0 Å². The van der Waals surface area contributed by atoms with Crippen molar-refractivity contribution in [3.8, 4) is 0 Å². The molecule has 0 aliphatic heterocycles. The predicted molar refractivity (Wildman–Crippen MR) is 171 cm³/mol. The van der Waals surface area contributed by atoms with Crippen LogP contribution in [0.1, 0.15) is 155 Å². The molecule has 0 aromatic rings. The highest BCUT2D eigenvalue weighted by Crippen LogP contribution is 2.12. The minimum atomic E-state index is -0.929. The van der Waals surface area contributed by atoms with Gasteiger partial charge in [0.25, 0.3) is 0 Å². The molecule has 0 fully saturated rings. The standard InChI is InChI=1S/C35H65NO4/c1-3-5-7-9-11-13-15-16-17-18-19-20-22-24-26-28-32(38)30-35(40)36-33(31-37)34(39)29-27-25-23-21-14-12-10-8-6-4-2/h11,13,16-17,27,29,32-34,37-39H,3-10,12,14-15,18-26,28,30-31H2,1-2H3,(H,36,40)/b13-11-,17-16-,29-27+. The largest absolute Gasteiger partial charge is 0.394 e.